The molecule has 1 unspecified atom stereocenters. The van der Waals surface area contributed by atoms with Gasteiger partial charge in [-0.1, -0.05) is 18.2 Å². The molecule has 0 spiro atoms. The third-order valence-corrected chi connectivity index (χ3v) is 2.76. The van der Waals surface area contributed by atoms with Gasteiger partial charge in [-0.3, -0.25) is 4.79 Å². The van der Waals surface area contributed by atoms with Gasteiger partial charge in [0, 0.05) is 18.3 Å². The first kappa shape index (κ1) is 9.21. The zero-order valence-electron chi connectivity index (χ0n) is 8.36. The van der Waals surface area contributed by atoms with Crippen LogP contribution in [0.25, 0.3) is 0 Å². The fourth-order valence-electron chi connectivity index (χ4n) is 1.63. The number of carbonyl (C=O) groups excluding carboxylic acids is 1. The van der Waals surface area contributed by atoms with Crippen molar-refractivity contribution in [3.05, 3.63) is 29.8 Å². The van der Waals surface area contributed by atoms with Crippen LogP contribution in [0.5, 0.6) is 0 Å². The molecule has 0 aromatic heterocycles. The van der Waals surface area contributed by atoms with Crippen molar-refractivity contribution in [2.75, 3.05) is 11.9 Å². The molecule has 1 heterocycles. The summed E-state index contributed by atoms with van der Waals surface area (Å²) in [7, 11) is 1.87. The van der Waals surface area contributed by atoms with Gasteiger partial charge < -0.3 is 9.64 Å². The fourth-order valence-corrected chi connectivity index (χ4v) is 1.63. The van der Waals surface area contributed by atoms with Crippen LogP contribution in [0, 0.1) is 0 Å². The minimum absolute atomic E-state index is 0.496. The molecular formula is C11H13NO2. The normalized spacial score (nSPS) is 25.7. The monoisotopic (exact) mass is 191 g/mol. The maximum absolute atomic E-state index is 10.9. The van der Waals surface area contributed by atoms with E-state index < -0.39 is 5.72 Å². The number of anilines is 1. The van der Waals surface area contributed by atoms with Gasteiger partial charge in [0.1, 0.15) is 0 Å². The minimum Gasteiger partial charge on any atom is -0.344 e. The van der Waals surface area contributed by atoms with E-state index in [1.54, 1.807) is 6.92 Å². The number of benzene rings is 1. The Morgan fingerprint density at radius 2 is 2.21 bits per heavy atom. The fraction of sp³-hybridized carbons (Fsp3) is 0.364. The van der Waals surface area contributed by atoms with Gasteiger partial charge in [-0.05, 0) is 13.0 Å². The number of fused-ring (bicyclic) bond motifs is 1. The van der Waals surface area contributed by atoms with Crippen molar-refractivity contribution >= 4 is 12.0 Å². The average molecular weight is 191 g/mol. The molecule has 1 atom stereocenters. The summed E-state index contributed by atoms with van der Waals surface area (Å²) in [6.07, 6.45) is 0.836. The van der Waals surface area contributed by atoms with Gasteiger partial charge >= 0.3 is 0 Å². The van der Waals surface area contributed by atoms with E-state index in [4.69, 9.17) is 4.74 Å². The van der Waals surface area contributed by atoms with E-state index >= 15 is 0 Å². The van der Waals surface area contributed by atoms with Crippen LogP contribution in [0.2, 0.25) is 0 Å². The second kappa shape index (κ2) is 3.10. The molecule has 1 aliphatic rings. The van der Waals surface area contributed by atoms with Gasteiger partial charge in [0.25, 0.3) is 0 Å². The lowest BCUT2D eigenvalue weighted by Crippen LogP contribution is -2.50. The van der Waals surface area contributed by atoms with E-state index in [9.17, 15) is 4.79 Å². The zero-order valence-corrected chi connectivity index (χ0v) is 8.36. The molecule has 1 aromatic rings. The molecule has 74 valence electrons. The molecule has 0 bridgehead atoms. The standard InChI is InChI=1S/C11H13NO2/c1-11(8-13)12(2)10-6-4-3-5-9(10)7-14-11/h3-6,8H,7H2,1-2H3. The summed E-state index contributed by atoms with van der Waals surface area (Å²) in [4.78, 5) is 12.8. The van der Waals surface area contributed by atoms with Crippen molar-refractivity contribution in [1.29, 1.82) is 0 Å². The predicted octanol–water partition coefficient (Wildman–Crippen LogP) is 1.57. The van der Waals surface area contributed by atoms with Crippen molar-refractivity contribution in [1.82, 2.24) is 0 Å². The van der Waals surface area contributed by atoms with Crippen LogP contribution >= 0.6 is 0 Å². The number of hydrogen-bond acceptors (Lipinski definition) is 3. The topological polar surface area (TPSA) is 29.5 Å². The van der Waals surface area contributed by atoms with Crippen LogP contribution in [0.4, 0.5) is 5.69 Å². The molecule has 1 aromatic carbocycles. The second-order valence-electron chi connectivity index (χ2n) is 3.65. The number of hydrogen-bond donors (Lipinski definition) is 0. The Morgan fingerprint density at radius 1 is 1.50 bits per heavy atom. The van der Waals surface area contributed by atoms with Gasteiger partial charge in [0.15, 0.2) is 12.0 Å². The summed E-state index contributed by atoms with van der Waals surface area (Å²) in [6, 6.07) is 7.95. The summed E-state index contributed by atoms with van der Waals surface area (Å²) < 4.78 is 5.51. The van der Waals surface area contributed by atoms with Crippen molar-refractivity contribution in [3.8, 4) is 0 Å². The summed E-state index contributed by atoms with van der Waals surface area (Å²) in [5.74, 6) is 0. The number of nitrogens with zero attached hydrogens (tertiary/aromatic N) is 1. The maximum atomic E-state index is 10.9. The SMILES string of the molecule is CN1c2ccccc2COC1(C)C=O. The van der Waals surface area contributed by atoms with Gasteiger partial charge in [0.05, 0.1) is 6.61 Å². The third-order valence-electron chi connectivity index (χ3n) is 2.76. The molecule has 0 amide bonds. The first-order valence-corrected chi connectivity index (χ1v) is 4.59. The lowest BCUT2D eigenvalue weighted by atomic mass is 10.1. The highest BCUT2D eigenvalue weighted by molar-refractivity contribution is 5.71. The molecule has 3 nitrogen and oxygen atoms in total. The molecule has 0 aliphatic carbocycles. The van der Waals surface area contributed by atoms with Crippen LogP contribution in [0.1, 0.15) is 12.5 Å². The van der Waals surface area contributed by atoms with Crippen LogP contribution in [-0.4, -0.2) is 19.1 Å². The summed E-state index contributed by atoms with van der Waals surface area (Å²) >= 11 is 0. The first-order chi connectivity index (χ1) is 6.67. The van der Waals surface area contributed by atoms with Crippen LogP contribution < -0.4 is 4.90 Å². The molecular weight excluding hydrogens is 178 g/mol. The third kappa shape index (κ3) is 1.21. The Hall–Kier alpha value is -1.35. The van der Waals surface area contributed by atoms with Crippen molar-refractivity contribution in [2.24, 2.45) is 0 Å². The lowest BCUT2D eigenvalue weighted by Gasteiger charge is -2.40. The molecule has 0 saturated heterocycles. The number of aldehydes is 1. The van der Waals surface area contributed by atoms with Gasteiger partial charge in [-0.15, -0.1) is 0 Å². The Balaban J connectivity index is 2.46. The number of ether oxygens (including phenoxy) is 1. The largest absolute Gasteiger partial charge is 0.344 e. The van der Waals surface area contributed by atoms with E-state index in [-0.39, 0.29) is 0 Å². The number of para-hydroxylation sites is 1. The smallest absolute Gasteiger partial charge is 0.194 e. The summed E-state index contributed by atoms with van der Waals surface area (Å²) in [6.45, 7) is 2.27. The number of rotatable bonds is 1. The highest BCUT2D eigenvalue weighted by Crippen LogP contribution is 2.32. The van der Waals surface area contributed by atoms with Crippen LogP contribution in [0.15, 0.2) is 24.3 Å². The molecule has 0 saturated carbocycles. The van der Waals surface area contributed by atoms with E-state index in [2.05, 4.69) is 0 Å². The molecule has 3 heteroatoms. The van der Waals surface area contributed by atoms with Gasteiger partial charge in [-0.2, -0.15) is 0 Å². The second-order valence-corrected chi connectivity index (χ2v) is 3.65. The van der Waals surface area contributed by atoms with E-state index in [0.717, 1.165) is 17.5 Å². The van der Waals surface area contributed by atoms with Gasteiger partial charge in [-0.25, -0.2) is 0 Å². The van der Waals surface area contributed by atoms with E-state index in [1.165, 1.54) is 0 Å². The molecule has 0 N–H and O–H groups in total. The minimum atomic E-state index is -0.825. The predicted molar refractivity (Wildman–Crippen MR) is 54.1 cm³/mol. The Morgan fingerprint density at radius 3 is 2.93 bits per heavy atom. The van der Waals surface area contributed by atoms with Crippen molar-refractivity contribution in [3.63, 3.8) is 0 Å². The maximum Gasteiger partial charge on any atom is 0.194 e. The molecule has 2 rings (SSSR count). The van der Waals surface area contributed by atoms with E-state index in [1.807, 2.05) is 36.2 Å². The Bertz CT molecular complexity index is 364. The summed E-state index contributed by atoms with van der Waals surface area (Å²) in [5, 5.41) is 0. The number of likely N-dealkylation sites (N-methyl/N-ethyl adjacent to an activating group) is 1. The molecule has 0 fully saturated rings. The van der Waals surface area contributed by atoms with Crippen molar-refractivity contribution in [2.45, 2.75) is 19.3 Å². The van der Waals surface area contributed by atoms with Gasteiger partial charge in [0.2, 0.25) is 0 Å². The van der Waals surface area contributed by atoms with Crippen molar-refractivity contribution < 1.29 is 9.53 Å². The molecule has 0 radical (unpaired) electrons. The molecule has 1 aliphatic heterocycles. The number of carbonyl (C=O) groups is 1. The quantitative estimate of drug-likeness (QED) is 0.631. The zero-order chi connectivity index (χ0) is 10.2. The van der Waals surface area contributed by atoms with E-state index in [0.29, 0.717) is 6.61 Å². The average Bonchev–Trinajstić information content (AvgIpc) is 2.24. The highest BCUT2D eigenvalue weighted by atomic mass is 16.5. The highest BCUT2D eigenvalue weighted by Gasteiger charge is 2.34. The van der Waals surface area contributed by atoms with Crippen LogP contribution in [0.3, 0.4) is 0 Å². The lowest BCUT2D eigenvalue weighted by molar-refractivity contribution is -0.131. The van der Waals surface area contributed by atoms with Crippen LogP contribution in [-0.2, 0) is 16.1 Å². The first-order valence-electron chi connectivity index (χ1n) is 4.59. The summed E-state index contributed by atoms with van der Waals surface area (Å²) in [5.41, 5.74) is 1.36. The molecule has 14 heavy (non-hydrogen) atoms. The Kier molecular flexibility index (Phi) is 2.04. The Labute approximate surface area is 83.3 Å².